The molecule has 0 aliphatic heterocycles. The third-order valence-corrected chi connectivity index (χ3v) is 1.77. The summed E-state index contributed by atoms with van der Waals surface area (Å²) in [5.41, 5.74) is 12.7. The topological polar surface area (TPSA) is 64.9 Å². The first kappa shape index (κ1) is 6.91. The van der Waals surface area contributed by atoms with Gasteiger partial charge in [-0.15, -0.1) is 0 Å². The van der Waals surface area contributed by atoms with Gasteiger partial charge in [-0.05, 0) is 18.2 Å². The molecule has 0 fully saturated rings. The van der Waals surface area contributed by atoms with Crippen LogP contribution in [0, 0.1) is 0 Å². The maximum absolute atomic E-state index is 5.71. The summed E-state index contributed by atoms with van der Waals surface area (Å²) in [6.07, 6.45) is 0. The molecule has 1 aromatic carbocycles. The number of anilines is 2. The van der Waals surface area contributed by atoms with E-state index in [0.717, 1.165) is 10.9 Å². The van der Waals surface area contributed by atoms with E-state index in [4.69, 9.17) is 11.5 Å². The van der Waals surface area contributed by atoms with Crippen molar-refractivity contribution in [1.29, 1.82) is 0 Å². The molecule has 1 aromatic heterocycles. The van der Waals surface area contributed by atoms with Crippen molar-refractivity contribution in [3.63, 3.8) is 0 Å². The Bertz CT molecular complexity index is 423. The van der Waals surface area contributed by atoms with E-state index in [0.29, 0.717) is 11.5 Å². The zero-order valence-electron chi connectivity index (χ0n) is 6.49. The maximum atomic E-state index is 5.71. The molecular formula is C9H9N3. The average molecular weight is 159 g/mol. The van der Waals surface area contributed by atoms with Crippen LogP contribution in [0.3, 0.4) is 0 Å². The Kier molecular flexibility index (Phi) is 1.37. The fourth-order valence-electron chi connectivity index (χ4n) is 1.19. The number of pyridine rings is 1. The van der Waals surface area contributed by atoms with Crippen LogP contribution in [-0.2, 0) is 0 Å². The van der Waals surface area contributed by atoms with Gasteiger partial charge >= 0.3 is 0 Å². The molecule has 0 aliphatic rings. The van der Waals surface area contributed by atoms with Crippen LogP contribution in [-0.4, -0.2) is 4.98 Å². The van der Waals surface area contributed by atoms with E-state index >= 15 is 0 Å². The third kappa shape index (κ3) is 0.955. The summed E-state index contributed by atoms with van der Waals surface area (Å²) < 4.78 is 0. The SMILES string of the molecule is Nc1ccc2cccc(N)c2n1. The fourth-order valence-corrected chi connectivity index (χ4v) is 1.19. The van der Waals surface area contributed by atoms with E-state index in [1.54, 1.807) is 6.07 Å². The third-order valence-electron chi connectivity index (χ3n) is 1.77. The molecule has 12 heavy (non-hydrogen) atoms. The minimum absolute atomic E-state index is 0.500. The van der Waals surface area contributed by atoms with Crippen LogP contribution >= 0.6 is 0 Å². The standard InChI is InChI=1S/C9H9N3/c10-7-3-1-2-6-4-5-8(11)12-9(6)7/h1-5H,10H2,(H2,11,12). The van der Waals surface area contributed by atoms with Crippen molar-refractivity contribution in [3.05, 3.63) is 30.3 Å². The van der Waals surface area contributed by atoms with Crippen LogP contribution in [0.15, 0.2) is 30.3 Å². The van der Waals surface area contributed by atoms with Crippen LogP contribution in [0.5, 0.6) is 0 Å². The molecule has 4 N–H and O–H groups in total. The second-order valence-electron chi connectivity index (χ2n) is 2.66. The number of nitrogen functional groups attached to an aromatic ring is 2. The van der Waals surface area contributed by atoms with Crippen LogP contribution in [0.25, 0.3) is 10.9 Å². The van der Waals surface area contributed by atoms with Crippen molar-refractivity contribution in [2.75, 3.05) is 11.5 Å². The number of hydrogen-bond acceptors (Lipinski definition) is 3. The van der Waals surface area contributed by atoms with E-state index in [1.165, 1.54) is 0 Å². The predicted octanol–water partition coefficient (Wildman–Crippen LogP) is 1.40. The highest BCUT2D eigenvalue weighted by Gasteiger charge is 1.97. The fraction of sp³-hybridized carbons (Fsp3) is 0. The van der Waals surface area contributed by atoms with Gasteiger partial charge in [0.1, 0.15) is 5.82 Å². The quantitative estimate of drug-likeness (QED) is 0.571. The van der Waals surface area contributed by atoms with Gasteiger partial charge in [-0.3, -0.25) is 0 Å². The molecule has 0 unspecified atom stereocenters. The number of nitrogens with zero attached hydrogens (tertiary/aromatic N) is 1. The first-order valence-corrected chi connectivity index (χ1v) is 3.68. The van der Waals surface area contributed by atoms with Crippen molar-refractivity contribution in [2.45, 2.75) is 0 Å². The van der Waals surface area contributed by atoms with Crippen molar-refractivity contribution in [2.24, 2.45) is 0 Å². The monoisotopic (exact) mass is 159 g/mol. The number of benzene rings is 1. The van der Waals surface area contributed by atoms with Gasteiger partial charge < -0.3 is 11.5 Å². The molecule has 0 bridgehead atoms. The summed E-state index contributed by atoms with van der Waals surface area (Å²) in [7, 11) is 0. The Morgan fingerprint density at radius 3 is 2.67 bits per heavy atom. The summed E-state index contributed by atoms with van der Waals surface area (Å²) in [5, 5.41) is 1.02. The minimum Gasteiger partial charge on any atom is -0.397 e. The minimum atomic E-state index is 0.500. The number of rotatable bonds is 0. The highest BCUT2D eigenvalue weighted by atomic mass is 14.8. The van der Waals surface area contributed by atoms with Gasteiger partial charge in [0.15, 0.2) is 0 Å². The summed E-state index contributed by atoms with van der Waals surface area (Å²) in [6.45, 7) is 0. The molecule has 0 atom stereocenters. The van der Waals surface area contributed by atoms with Gasteiger partial charge in [-0.2, -0.15) is 0 Å². The zero-order valence-corrected chi connectivity index (χ0v) is 6.49. The number of fused-ring (bicyclic) bond motifs is 1. The van der Waals surface area contributed by atoms with Gasteiger partial charge in [0.2, 0.25) is 0 Å². The number of nitrogens with two attached hydrogens (primary N) is 2. The Morgan fingerprint density at radius 1 is 1.00 bits per heavy atom. The lowest BCUT2D eigenvalue weighted by atomic mass is 10.2. The highest BCUT2D eigenvalue weighted by Crippen LogP contribution is 2.19. The molecule has 2 aromatic rings. The highest BCUT2D eigenvalue weighted by molar-refractivity contribution is 5.90. The van der Waals surface area contributed by atoms with Crippen molar-refractivity contribution < 1.29 is 0 Å². The molecule has 0 aliphatic carbocycles. The lowest BCUT2D eigenvalue weighted by molar-refractivity contribution is 1.42. The first-order valence-electron chi connectivity index (χ1n) is 3.68. The van der Waals surface area contributed by atoms with Crippen molar-refractivity contribution in [3.8, 4) is 0 Å². The summed E-state index contributed by atoms with van der Waals surface area (Å²) in [5.74, 6) is 0.500. The van der Waals surface area contributed by atoms with Crippen LogP contribution in [0.2, 0.25) is 0 Å². The Labute approximate surface area is 70.0 Å². The number of hydrogen-bond donors (Lipinski definition) is 2. The van der Waals surface area contributed by atoms with Gasteiger partial charge in [0.05, 0.1) is 11.2 Å². The zero-order chi connectivity index (χ0) is 8.55. The molecule has 2 rings (SSSR count). The Balaban J connectivity index is 2.88. The first-order chi connectivity index (χ1) is 5.77. The summed E-state index contributed by atoms with van der Waals surface area (Å²) >= 11 is 0. The normalized spacial score (nSPS) is 10.3. The van der Waals surface area contributed by atoms with E-state index in [2.05, 4.69) is 4.98 Å². The van der Waals surface area contributed by atoms with E-state index < -0.39 is 0 Å². The molecular weight excluding hydrogens is 150 g/mol. The molecule has 0 amide bonds. The van der Waals surface area contributed by atoms with Crippen LogP contribution < -0.4 is 11.5 Å². The van der Waals surface area contributed by atoms with E-state index in [1.807, 2.05) is 24.3 Å². The molecule has 0 spiro atoms. The van der Waals surface area contributed by atoms with Crippen LogP contribution in [0.1, 0.15) is 0 Å². The molecule has 0 saturated heterocycles. The van der Waals surface area contributed by atoms with Crippen molar-refractivity contribution >= 4 is 22.4 Å². The lowest BCUT2D eigenvalue weighted by Crippen LogP contribution is -1.93. The molecule has 0 saturated carbocycles. The summed E-state index contributed by atoms with van der Waals surface area (Å²) in [4.78, 5) is 4.13. The number of para-hydroxylation sites is 1. The number of aromatic nitrogens is 1. The Morgan fingerprint density at radius 2 is 1.83 bits per heavy atom. The second-order valence-corrected chi connectivity index (χ2v) is 2.66. The van der Waals surface area contributed by atoms with Crippen LogP contribution in [0.4, 0.5) is 11.5 Å². The molecule has 1 heterocycles. The van der Waals surface area contributed by atoms with Gasteiger partial charge in [0, 0.05) is 5.39 Å². The van der Waals surface area contributed by atoms with Crippen molar-refractivity contribution in [1.82, 2.24) is 4.98 Å². The van der Waals surface area contributed by atoms with E-state index in [9.17, 15) is 0 Å². The largest absolute Gasteiger partial charge is 0.397 e. The molecule has 0 radical (unpaired) electrons. The van der Waals surface area contributed by atoms with Gasteiger partial charge in [0.25, 0.3) is 0 Å². The molecule has 3 heteroatoms. The van der Waals surface area contributed by atoms with Gasteiger partial charge in [-0.1, -0.05) is 12.1 Å². The Hall–Kier alpha value is -1.77. The smallest absolute Gasteiger partial charge is 0.124 e. The van der Waals surface area contributed by atoms with E-state index in [-0.39, 0.29) is 0 Å². The lowest BCUT2D eigenvalue weighted by Gasteiger charge is -2.00. The molecule has 60 valence electrons. The summed E-state index contributed by atoms with van der Waals surface area (Å²) in [6, 6.07) is 9.35. The predicted molar refractivity (Wildman–Crippen MR) is 50.6 cm³/mol. The second kappa shape index (κ2) is 2.37. The maximum Gasteiger partial charge on any atom is 0.124 e. The average Bonchev–Trinajstić information content (AvgIpc) is 2.07. The molecule has 3 nitrogen and oxygen atoms in total. The van der Waals surface area contributed by atoms with Gasteiger partial charge in [-0.25, -0.2) is 4.98 Å².